The first kappa shape index (κ1) is 13.7. The fraction of sp³-hybridized carbons (Fsp3) is 0.500. The van der Waals surface area contributed by atoms with Gasteiger partial charge in [0.25, 0.3) is 6.43 Å². The molecule has 1 fully saturated rings. The number of nitrogens with two attached hydrogens (primary N) is 1. The lowest BCUT2D eigenvalue weighted by Crippen LogP contribution is -2.31. The number of hydrogen-bond acceptors (Lipinski definition) is 5. The molecule has 0 unspecified atom stereocenters. The minimum absolute atomic E-state index is 0.119. The van der Waals surface area contributed by atoms with Gasteiger partial charge in [0.15, 0.2) is 0 Å². The van der Waals surface area contributed by atoms with Crippen LogP contribution < -0.4 is 11.1 Å². The second-order valence-electron chi connectivity index (χ2n) is 4.43. The van der Waals surface area contributed by atoms with Crippen LogP contribution in [0.1, 0.15) is 34.9 Å². The monoisotopic (exact) mass is 271 g/mol. The van der Waals surface area contributed by atoms with Crippen LogP contribution in [0.2, 0.25) is 0 Å². The Balaban J connectivity index is 2.22. The van der Waals surface area contributed by atoms with Gasteiger partial charge >= 0.3 is 5.97 Å². The predicted molar refractivity (Wildman–Crippen MR) is 64.9 cm³/mol. The summed E-state index contributed by atoms with van der Waals surface area (Å²) in [6, 6.07) is 0.372. The largest absolute Gasteiger partial charge is 0.464 e. The highest BCUT2D eigenvalue weighted by Crippen LogP contribution is 2.32. The third-order valence-corrected chi connectivity index (χ3v) is 3.22. The number of nitrogens with zero attached hydrogens (tertiary/aromatic N) is 1. The fourth-order valence-electron chi connectivity index (χ4n) is 2.21. The molecule has 2 rings (SSSR count). The molecule has 2 atom stereocenters. The normalized spacial score (nSPS) is 22.7. The maximum absolute atomic E-state index is 12.6. The van der Waals surface area contributed by atoms with E-state index in [4.69, 9.17) is 5.73 Å². The van der Waals surface area contributed by atoms with E-state index in [9.17, 15) is 13.6 Å². The lowest BCUT2D eigenvalue weighted by atomic mass is 10.0. The highest BCUT2D eigenvalue weighted by Gasteiger charge is 2.32. The first-order chi connectivity index (χ1) is 9.02. The molecule has 1 aliphatic heterocycles. The number of carbonyl (C=O) groups is 1. The van der Waals surface area contributed by atoms with Crippen molar-refractivity contribution in [1.82, 2.24) is 10.3 Å². The Morgan fingerprint density at radius 2 is 2.32 bits per heavy atom. The van der Waals surface area contributed by atoms with Crippen molar-refractivity contribution in [2.75, 3.05) is 12.8 Å². The van der Waals surface area contributed by atoms with E-state index < -0.39 is 18.4 Å². The molecular formula is C12H15F2N3O2. The van der Waals surface area contributed by atoms with Crippen molar-refractivity contribution >= 4 is 11.7 Å². The minimum Gasteiger partial charge on any atom is -0.464 e. The molecule has 1 aromatic heterocycles. The molecule has 7 heteroatoms. The van der Waals surface area contributed by atoms with Crippen molar-refractivity contribution in [3.05, 3.63) is 23.5 Å². The topological polar surface area (TPSA) is 77.2 Å². The summed E-state index contributed by atoms with van der Waals surface area (Å²) < 4.78 is 29.8. The van der Waals surface area contributed by atoms with Gasteiger partial charge in [0.2, 0.25) is 0 Å². The van der Waals surface area contributed by atoms with Gasteiger partial charge in [-0.15, -0.1) is 0 Å². The standard InChI is InChI=1S/C12H15F2N3O2/c1-19-12(18)10-4-6(7(15)5-16-10)8-2-3-9(17-8)11(13)14/h4-5,8-9,11,17H,2-3,15H2,1H3/t8-,9+/m0/s1. The first-order valence-corrected chi connectivity index (χ1v) is 5.91. The number of esters is 1. The molecule has 0 spiro atoms. The third-order valence-electron chi connectivity index (χ3n) is 3.22. The Hall–Kier alpha value is -1.76. The van der Waals surface area contributed by atoms with Gasteiger partial charge in [0.1, 0.15) is 5.69 Å². The van der Waals surface area contributed by atoms with E-state index in [1.54, 1.807) is 0 Å². The van der Waals surface area contributed by atoms with E-state index in [-0.39, 0.29) is 11.7 Å². The third kappa shape index (κ3) is 2.81. The van der Waals surface area contributed by atoms with E-state index in [1.807, 2.05) is 0 Å². The summed E-state index contributed by atoms with van der Waals surface area (Å²) in [6.07, 6.45) is -0.145. The Morgan fingerprint density at radius 3 is 2.89 bits per heavy atom. The molecule has 1 saturated heterocycles. The number of hydrogen-bond donors (Lipinski definition) is 2. The SMILES string of the molecule is COC(=O)c1cc([C@@H]2CC[C@H](C(F)F)N2)c(N)cn1. The molecule has 5 nitrogen and oxygen atoms in total. The number of anilines is 1. The summed E-state index contributed by atoms with van der Waals surface area (Å²) in [4.78, 5) is 15.3. The van der Waals surface area contributed by atoms with Gasteiger partial charge in [-0.2, -0.15) is 0 Å². The maximum Gasteiger partial charge on any atom is 0.356 e. The van der Waals surface area contributed by atoms with E-state index in [2.05, 4.69) is 15.0 Å². The molecule has 19 heavy (non-hydrogen) atoms. The van der Waals surface area contributed by atoms with Crippen LogP contribution in [0, 0.1) is 0 Å². The fourth-order valence-corrected chi connectivity index (χ4v) is 2.21. The lowest BCUT2D eigenvalue weighted by molar-refractivity contribution is 0.0593. The molecule has 0 amide bonds. The summed E-state index contributed by atoms with van der Waals surface area (Å²) in [5.74, 6) is -0.579. The first-order valence-electron chi connectivity index (χ1n) is 5.91. The Labute approximate surface area is 109 Å². The number of aromatic nitrogens is 1. The van der Waals surface area contributed by atoms with E-state index >= 15 is 0 Å². The van der Waals surface area contributed by atoms with Gasteiger partial charge in [-0.3, -0.25) is 0 Å². The van der Waals surface area contributed by atoms with Crippen LogP contribution in [-0.2, 0) is 4.74 Å². The molecule has 1 aromatic rings. The molecule has 1 aliphatic rings. The van der Waals surface area contributed by atoms with Crippen molar-refractivity contribution in [2.24, 2.45) is 0 Å². The second kappa shape index (κ2) is 5.48. The van der Waals surface area contributed by atoms with Crippen molar-refractivity contribution < 1.29 is 18.3 Å². The maximum atomic E-state index is 12.6. The summed E-state index contributed by atoms with van der Waals surface area (Å²) in [7, 11) is 1.25. The number of pyridine rings is 1. The number of halogens is 2. The summed E-state index contributed by atoms with van der Waals surface area (Å²) >= 11 is 0. The van der Waals surface area contributed by atoms with Crippen molar-refractivity contribution in [2.45, 2.75) is 31.4 Å². The molecule has 0 aliphatic carbocycles. The van der Waals surface area contributed by atoms with Crippen LogP contribution in [-0.4, -0.2) is 30.5 Å². The van der Waals surface area contributed by atoms with Crippen LogP contribution in [0.25, 0.3) is 0 Å². The molecule has 104 valence electrons. The zero-order chi connectivity index (χ0) is 14.0. The van der Waals surface area contributed by atoms with Gasteiger partial charge in [-0.05, 0) is 24.5 Å². The molecule has 2 heterocycles. The van der Waals surface area contributed by atoms with Crippen molar-refractivity contribution in [3.8, 4) is 0 Å². The zero-order valence-corrected chi connectivity index (χ0v) is 10.4. The smallest absolute Gasteiger partial charge is 0.356 e. The Bertz CT molecular complexity index is 482. The van der Waals surface area contributed by atoms with Crippen LogP contribution in [0.3, 0.4) is 0 Å². The van der Waals surface area contributed by atoms with E-state index in [0.29, 0.717) is 24.1 Å². The second-order valence-corrected chi connectivity index (χ2v) is 4.43. The average molecular weight is 271 g/mol. The molecule has 0 aromatic carbocycles. The van der Waals surface area contributed by atoms with Crippen molar-refractivity contribution in [1.29, 1.82) is 0 Å². The van der Waals surface area contributed by atoms with Crippen LogP contribution in [0.5, 0.6) is 0 Å². The number of alkyl halides is 2. The quantitative estimate of drug-likeness (QED) is 0.815. The van der Waals surface area contributed by atoms with Gasteiger partial charge < -0.3 is 15.8 Å². The molecule has 0 bridgehead atoms. The predicted octanol–water partition coefficient (Wildman–Crippen LogP) is 1.51. The number of rotatable bonds is 3. The van der Waals surface area contributed by atoms with Crippen molar-refractivity contribution in [3.63, 3.8) is 0 Å². The molecule has 0 radical (unpaired) electrons. The van der Waals surface area contributed by atoms with Crippen LogP contribution in [0.4, 0.5) is 14.5 Å². The Morgan fingerprint density at radius 1 is 1.58 bits per heavy atom. The summed E-state index contributed by atoms with van der Waals surface area (Å²) in [5.41, 5.74) is 6.89. The van der Waals surface area contributed by atoms with Crippen LogP contribution >= 0.6 is 0 Å². The van der Waals surface area contributed by atoms with Gasteiger partial charge in [-0.25, -0.2) is 18.6 Å². The highest BCUT2D eigenvalue weighted by atomic mass is 19.3. The number of ether oxygens (including phenoxy) is 1. The van der Waals surface area contributed by atoms with E-state index in [0.717, 1.165) is 0 Å². The number of methoxy groups -OCH3 is 1. The zero-order valence-electron chi connectivity index (χ0n) is 10.4. The van der Waals surface area contributed by atoms with Gasteiger partial charge in [0, 0.05) is 6.04 Å². The van der Waals surface area contributed by atoms with Gasteiger partial charge in [-0.1, -0.05) is 0 Å². The highest BCUT2D eigenvalue weighted by molar-refractivity contribution is 5.87. The van der Waals surface area contributed by atoms with Gasteiger partial charge in [0.05, 0.1) is 25.0 Å². The average Bonchev–Trinajstić information content (AvgIpc) is 2.88. The lowest BCUT2D eigenvalue weighted by Gasteiger charge is -2.16. The molecule has 3 N–H and O–H groups in total. The Kier molecular flexibility index (Phi) is 3.94. The number of carbonyl (C=O) groups excluding carboxylic acids is 1. The summed E-state index contributed by atoms with van der Waals surface area (Å²) in [5, 5.41) is 2.82. The molecule has 0 saturated carbocycles. The van der Waals surface area contributed by atoms with E-state index in [1.165, 1.54) is 19.4 Å². The summed E-state index contributed by atoms with van der Waals surface area (Å²) in [6.45, 7) is 0. The minimum atomic E-state index is -2.41. The number of nitrogen functional groups attached to an aromatic ring is 1. The van der Waals surface area contributed by atoms with Crippen LogP contribution in [0.15, 0.2) is 12.3 Å². The number of nitrogens with one attached hydrogen (secondary N) is 1. The molecular weight excluding hydrogens is 256 g/mol.